The fourth-order valence-electron chi connectivity index (χ4n) is 4.96. The first kappa shape index (κ1) is 29.7. The van der Waals surface area contributed by atoms with Gasteiger partial charge in [0, 0.05) is 29.2 Å². The Balaban J connectivity index is 1.60. The Kier molecular flexibility index (Phi) is 8.45. The molecular formula is C32H37N7O4. The molecule has 0 fully saturated rings. The van der Waals surface area contributed by atoms with Crippen molar-refractivity contribution in [3.8, 4) is 22.5 Å². The van der Waals surface area contributed by atoms with Crippen LogP contribution in [0.3, 0.4) is 0 Å². The van der Waals surface area contributed by atoms with E-state index in [0.29, 0.717) is 42.4 Å². The third-order valence-electron chi connectivity index (χ3n) is 7.14. The predicted octanol–water partition coefficient (Wildman–Crippen LogP) is 5.14. The molecule has 0 saturated carbocycles. The van der Waals surface area contributed by atoms with Crippen LogP contribution in [-0.4, -0.2) is 35.9 Å². The lowest BCUT2D eigenvalue weighted by atomic mass is 9.93. The number of benzene rings is 2. The quantitative estimate of drug-likeness (QED) is 0.216. The number of aromatic amines is 1. The normalized spacial score (nSPS) is 12.3. The van der Waals surface area contributed by atoms with E-state index in [4.69, 9.17) is 9.36 Å². The van der Waals surface area contributed by atoms with Gasteiger partial charge in [-0.2, -0.15) is 10.1 Å². The number of H-pyrrole nitrogens is 1. The van der Waals surface area contributed by atoms with Crippen LogP contribution in [-0.2, 0) is 17.7 Å². The molecule has 3 heterocycles. The van der Waals surface area contributed by atoms with E-state index in [0.717, 1.165) is 40.1 Å². The van der Waals surface area contributed by atoms with E-state index >= 15 is 0 Å². The zero-order valence-corrected chi connectivity index (χ0v) is 25.4. The second kappa shape index (κ2) is 12.2. The molecule has 11 heteroatoms. The Morgan fingerprint density at radius 2 is 1.79 bits per heavy atom. The van der Waals surface area contributed by atoms with Gasteiger partial charge < -0.3 is 0 Å². The molecule has 11 nitrogen and oxygen atoms in total. The van der Waals surface area contributed by atoms with Gasteiger partial charge in [-0.15, -0.1) is 0 Å². The number of fused-ring (bicyclic) bond motifs is 1. The van der Waals surface area contributed by atoms with E-state index in [2.05, 4.69) is 53.4 Å². The highest BCUT2D eigenvalue weighted by Crippen LogP contribution is 2.30. The first-order valence-electron chi connectivity index (χ1n) is 14.4. The highest BCUT2D eigenvalue weighted by molar-refractivity contribution is 5.80. The lowest BCUT2D eigenvalue weighted by molar-refractivity contribution is 0.0608. The molecule has 0 aliphatic rings. The first-order chi connectivity index (χ1) is 20.6. The van der Waals surface area contributed by atoms with Crippen LogP contribution < -0.4 is 16.8 Å². The summed E-state index contributed by atoms with van der Waals surface area (Å²) in [6, 6.07) is 15.7. The maximum atomic E-state index is 14.2. The Labute approximate surface area is 249 Å². The number of allylic oxidation sites excluding steroid dienone is 1. The highest BCUT2D eigenvalue weighted by atomic mass is 16.6. The average Bonchev–Trinajstić information content (AvgIpc) is 3.59. The third-order valence-corrected chi connectivity index (χ3v) is 7.14. The van der Waals surface area contributed by atoms with Crippen molar-refractivity contribution >= 4 is 12.0 Å². The maximum absolute atomic E-state index is 14.2. The molecule has 2 aromatic carbocycles. The van der Waals surface area contributed by atoms with Crippen molar-refractivity contribution in [3.63, 3.8) is 0 Å². The Hall–Kier alpha value is -4.77. The molecule has 0 amide bonds. The molecule has 0 aliphatic carbocycles. The molecule has 0 unspecified atom stereocenters. The molecule has 0 spiro atoms. The Morgan fingerprint density at radius 1 is 1.07 bits per heavy atom. The van der Waals surface area contributed by atoms with Crippen LogP contribution in [0.15, 0.2) is 68.3 Å². The molecule has 43 heavy (non-hydrogen) atoms. The fraction of sp³-hybridized carbons (Fsp3) is 0.344. The van der Waals surface area contributed by atoms with Crippen LogP contribution in [0.2, 0.25) is 0 Å². The van der Waals surface area contributed by atoms with Gasteiger partial charge in [-0.3, -0.25) is 24.6 Å². The molecular weight excluding hydrogens is 546 g/mol. The van der Waals surface area contributed by atoms with Gasteiger partial charge in [-0.05, 0) is 37.0 Å². The largest absolute Gasteiger partial charge is 0.439 e. The number of aryl methyl sites for hydroxylation is 2. The van der Waals surface area contributed by atoms with Crippen molar-refractivity contribution in [2.24, 2.45) is 5.41 Å². The summed E-state index contributed by atoms with van der Waals surface area (Å²) in [6.07, 6.45) is 3.71. The summed E-state index contributed by atoms with van der Waals surface area (Å²) in [5.41, 5.74) is 8.37. The summed E-state index contributed by atoms with van der Waals surface area (Å²) in [6.45, 7) is 12.4. The van der Waals surface area contributed by atoms with Gasteiger partial charge in [-0.1, -0.05) is 87.8 Å². The molecule has 2 N–H and O–H groups in total. The number of aromatic nitrogens is 6. The minimum absolute atomic E-state index is 0.146. The molecule has 0 atom stereocenters. The minimum atomic E-state index is -0.605. The van der Waals surface area contributed by atoms with Crippen molar-refractivity contribution in [1.29, 1.82) is 0 Å². The van der Waals surface area contributed by atoms with Crippen molar-refractivity contribution < 1.29 is 9.36 Å². The number of rotatable bonds is 10. The zero-order valence-electron chi connectivity index (χ0n) is 25.4. The number of nitrogens with one attached hydrogen (secondary N) is 2. The minimum Gasteiger partial charge on any atom is -0.296 e. The summed E-state index contributed by atoms with van der Waals surface area (Å²) in [5, 5.41) is 8.55. The first-order valence-corrected chi connectivity index (χ1v) is 14.4. The van der Waals surface area contributed by atoms with Crippen LogP contribution in [0.4, 0.5) is 0 Å². The van der Waals surface area contributed by atoms with Gasteiger partial charge in [-0.25, -0.2) is 13.9 Å². The standard InChI is InChI=1S/C32H37N7O4/c1-7-11-26-25(29(40)38(30-33-20(3)35-39(26)30)19-27(32(4,5)6)36-42-8-2)18-21-14-16-22(17-15-21)23-12-9-10-13-24(23)28-34-31(41)43-37-28/h9-10,12-17,19,36H,7-8,11,18H2,1-6H3,(H,34,37,41). The van der Waals surface area contributed by atoms with E-state index < -0.39 is 5.76 Å². The number of nitrogens with zero attached hydrogens (tertiary/aromatic N) is 5. The molecule has 5 aromatic rings. The zero-order chi connectivity index (χ0) is 30.7. The van der Waals surface area contributed by atoms with E-state index in [1.807, 2.05) is 62.4 Å². The molecule has 5 rings (SSSR count). The molecule has 0 bridgehead atoms. The summed E-state index contributed by atoms with van der Waals surface area (Å²) in [4.78, 5) is 38.6. The molecule has 3 aromatic heterocycles. The van der Waals surface area contributed by atoms with Gasteiger partial charge in [0.05, 0.1) is 18.0 Å². The Bertz CT molecular complexity index is 1890. The van der Waals surface area contributed by atoms with Gasteiger partial charge in [0.25, 0.3) is 5.56 Å². The summed E-state index contributed by atoms with van der Waals surface area (Å²) < 4.78 is 8.10. The monoisotopic (exact) mass is 583 g/mol. The third kappa shape index (κ3) is 6.21. The molecule has 0 aliphatic heterocycles. The number of hydrogen-bond donors (Lipinski definition) is 2. The van der Waals surface area contributed by atoms with E-state index in [-0.39, 0.29) is 11.0 Å². The second-order valence-corrected chi connectivity index (χ2v) is 11.4. The lowest BCUT2D eigenvalue weighted by Crippen LogP contribution is -2.30. The lowest BCUT2D eigenvalue weighted by Gasteiger charge is -2.24. The molecule has 224 valence electrons. The number of hydroxylamine groups is 1. The van der Waals surface area contributed by atoms with Gasteiger partial charge >= 0.3 is 5.76 Å². The second-order valence-electron chi connectivity index (χ2n) is 11.4. The molecule has 0 saturated heterocycles. The van der Waals surface area contributed by atoms with E-state index in [1.165, 1.54) is 0 Å². The summed E-state index contributed by atoms with van der Waals surface area (Å²) in [7, 11) is 0. The average molecular weight is 584 g/mol. The highest BCUT2D eigenvalue weighted by Gasteiger charge is 2.23. The van der Waals surface area contributed by atoms with Crippen LogP contribution in [0.5, 0.6) is 0 Å². The SMILES string of the molecule is CCCc1c(Cc2ccc(-c3ccccc3-c3noc(=O)[nH]3)cc2)c(=O)n(C=C(NOCC)C(C)(C)C)c2nc(C)nn12. The summed E-state index contributed by atoms with van der Waals surface area (Å²) in [5.74, 6) is 0.814. The topological polar surface area (TPSA) is 132 Å². The predicted molar refractivity (Wildman–Crippen MR) is 165 cm³/mol. The Morgan fingerprint density at radius 3 is 2.42 bits per heavy atom. The van der Waals surface area contributed by atoms with Crippen LogP contribution in [0, 0.1) is 12.3 Å². The van der Waals surface area contributed by atoms with Crippen molar-refractivity contribution in [2.45, 2.75) is 60.8 Å². The molecule has 0 radical (unpaired) electrons. The smallest absolute Gasteiger partial charge is 0.296 e. The van der Waals surface area contributed by atoms with Crippen LogP contribution >= 0.6 is 0 Å². The van der Waals surface area contributed by atoms with Gasteiger partial charge in [0.1, 0.15) is 5.82 Å². The maximum Gasteiger partial charge on any atom is 0.439 e. The van der Waals surface area contributed by atoms with Gasteiger partial charge in [0.2, 0.25) is 5.78 Å². The van der Waals surface area contributed by atoms with Crippen LogP contribution in [0.25, 0.3) is 34.5 Å². The summed E-state index contributed by atoms with van der Waals surface area (Å²) >= 11 is 0. The van der Waals surface area contributed by atoms with Crippen molar-refractivity contribution in [1.82, 2.24) is 34.8 Å². The van der Waals surface area contributed by atoms with E-state index in [1.54, 1.807) is 15.3 Å². The van der Waals surface area contributed by atoms with Crippen molar-refractivity contribution in [2.75, 3.05) is 6.61 Å². The van der Waals surface area contributed by atoms with Crippen LogP contribution in [0.1, 0.15) is 63.7 Å². The van der Waals surface area contributed by atoms with Gasteiger partial charge in [0.15, 0.2) is 5.82 Å². The van der Waals surface area contributed by atoms with E-state index in [9.17, 15) is 9.59 Å². The number of hydrogen-bond acceptors (Lipinski definition) is 8. The fourth-order valence-corrected chi connectivity index (χ4v) is 4.96. The van der Waals surface area contributed by atoms with Crippen molar-refractivity contribution in [3.05, 3.63) is 97.8 Å².